The molecule has 0 bridgehead atoms. The Bertz CT molecular complexity index is 505. The van der Waals surface area contributed by atoms with Crippen molar-refractivity contribution in [3.63, 3.8) is 0 Å². The fraction of sp³-hybridized carbons (Fsp3) is 0.0909. The third kappa shape index (κ3) is 1.92. The molecular formula is C11H8ClN2O. The molecule has 3 nitrogen and oxygen atoms in total. The molecule has 0 spiro atoms. The third-order valence-corrected chi connectivity index (χ3v) is 2.39. The SMILES string of the molecule is Cc1cn(-c2ccc([C]=O)c(Cl)c2)cn1. The van der Waals surface area contributed by atoms with E-state index in [1.54, 1.807) is 30.8 Å². The molecule has 0 fully saturated rings. The van der Waals surface area contributed by atoms with Crippen molar-refractivity contribution in [3.05, 3.63) is 47.0 Å². The van der Waals surface area contributed by atoms with Crippen molar-refractivity contribution in [1.82, 2.24) is 9.55 Å². The first-order chi connectivity index (χ1) is 7.20. The van der Waals surface area contributed by atoms with E-state index in [4.69, 9.17) is 11.6 Å². The molecule has 0 atom stereocenters. The van der Waals surface area contributed by atoms with Crippen molar-refractivity contribution in [2.45, 2.75) is 6.92 Å². The van der Waals surface area contributed by atoms with Crippen molar-refractivity contribution < 1.29 is 4.79 Å². The molecule has 1 aromatic carbocycles. The number of nitrogens with zero attached hydrogens (tertiary/aromatic N) is 2. The molecule has 0 unspecified atom stereocenters. The quantitative estimate of drug-likeness (QED) is 0.777. The average Bonchev–Trinajstić information content (AvgIpc) is 2.65. The monoisotopic (exact) mass is 219 g/mol. The van der Waals surface area contributed by atoms with Gasteiger partial charge in [-0.05, 0) is 25.1 Å². The standard InChI is InChI=1S/C11H8ClN2O/c1-8-5-14(7-13-8)10-3-2-9(6-15)11(12)4-10/h2-5,7H,1H3. The summed E-state index contributed by atoms with van der Waals surface area (Å²) < 4.78 is 1.84. The number of aryl methyl sites for hydroxylation is 1. The van der Waals surface area contributed by atoms with Crippen molar-refractivity contribution in [2.24, 2.45) is 0 Å². The molecule has 0 N–H and O–H groups in total. The summed E-state index contributed by atoms with van der Waals surface area (Å²) in [5, 5.41) is 0.397. The smallest absolute Gasteiger partial charge is 0.235 e. The van der Waals surface area contributed by atoms with Crippen LogP contribution < -0.4 is 0 Å². The van der Waals surface area contributed by atoms with Gasteiger partial charge in [0.15, 0.2) is 0 Å². The van der Waals surface area contributed by atoms with Crippen LogP contribution in [0.15, 0.2) is 30.7 Å². The lowest BCUT2D eigenvalue weighted by molar-refractivity contribution is 0.563. The van der Waals surface area contributed by atoms with E-state index in [1.807, 2.05) is 17.7 Å². The summed E-state index contributed by atoms with van der Waals surface area (Å²) in [6.07, 6.45) is 5.36. The van der Waals surface area contributed by atoms with Crippen LogP contribution in [-0.4, -0.2) is 15.8 Å². The highest BCUT2D eigenvalue weighted by Gasteiger charge is 2.03. The van der Waals surface area contributed by atoms with Crippen LogP contribution in [0.2, 0.25) is 5.02 Å². The second kappa shape index (κ2) is 3.87. The van der Waals surface area contributed by atoms with Crippen molar-refractivity contribution in [3.8, 4) is 5.69 Å². The van der Waals surface area contributed by atoms with Gasteiger partial charge >= 0.3 is 0 Å². The summed E-state index contributed by atoms with van der Waals surface area (Å²) in [5.74, 6) is 0. The maximum absolute atomic E-state index is 10.5. The lowest BCUT2D eigenvalue weighted by Crippen LogP contribution is -1.91. The van der Waals surface area contributed by atoms with Gasteiger partial charge in [0.05, 0.1) is 17.0 Å². The summed E-state index contributed by atoms with van der Waals surface area (Å²) in [7, 11) is 0. The van der Waals surface area contributed by atoms with Crippen molar-refractivity contribution in [2.75, 3.05) is 0 Å². The Morgan fingerprint density at radius 1 is 1.47 bits per heavy atom. The summed E-state index contributed by atoms with van der Waals surface area (Å²) in [5.41, 5.74) is 2.18. The zero-order valence-electron chi connectivity index (χ0n) is 8.07. The van der Waals surface area contributed by atoms with Gasteiger partial charge in [-0.25, -0.2) is 4.98 Å². The molecule has 0 aliphatic carbocycles. The Kier molecular flexibility index (Phi) is 2.56. The Morgan fingerprint density at radius 2 is 2.27 bits per heavy atom. The third-order valence-electron chi connectivity index (χ3n) is 2.07. The molecule has 1 heterocycles. The molecule has 75 valence electrons. The number of benzene rings is 1. The summed E-state index contributed by atoms with van der Waals surface area (Å²) in [6.45, 7) is 1.91. The number of hydrogen-bond acceptors (Lipinski definition) is 2. The molecule has 2 rings (SSSR count). The minimum Gasteiger partial charge on any atom is -0.306 e. The predicted octanol–water partition coefficient (Wildman–Crippen LogP) is 2.29. The van der Waals surface area contributed by atoms with E-state index in [9.17, 15) is 4.79 Å². The van der Waals surface area contributed by atoms with E-state index < -0.39 is 0 Å². The first kappa shape index (κ1) is 9.93. The number of hydrogen-bond donors (Lipinski definition) is 0. The van der Waals surface area contributed by atoms with E-state index in [-0.39, 0.29) is 0 Å². The van der Waals surface area contributed by atoms with E-state index >= 15 is 0 Å². The number of imidazole rings is 1. The fourth-order valence-corrected chi connectivity index (χ4v) is 1.52. The zero-order chi connectivity index (χ0) is 10.8. The van der Waals surface area contributed by atoms with Gasteiger partial charge in [-0.2, -0.15) is 0 Å². The van der Waals surface area contributed by atoms with Gasteiger partial charge in [-0.15, -0.1) is 0 Å². The zero-order valence-corrected chi connectivity index (χ0v) is 8.82. The normalized spacial score (nSPS) is 10.3. The van der Waals surface area contributed by atoms with E-state index in [1.165, 1.54) is 0 Å². The molecule has 1 aromatic heterocycles. The molecule has 0 saturated heterocycles. The topological polar surface area (TPSA) is 34.9 Å². The molecule has 15 heavy (non-hydrogen) atoms. The van der Waals surface area contributed by atoms with Gasteiger partial charge in [-0.1, -0.05) is 11.6 Å². The van der Waals surface area contributed by atoms with Gasteiger partial charge in [0.25, 0.3) is 0 Å². The molecular weight excluding hydrogens is 212 g/mol. The number of aromatic nitrogens is 2. The largest absolute Gasteiger partial charge is 0.306 e. The average molecular weight is 220 g/mol. The molecule has 0 aliphatic rings. The Balaban J connectivity index is 2.46. The molecule has 4 heteroatoms. The van der Waals surface area contributed by atoms with Crippen LogP contribution >= 0.6 is 11.6 Å². The first-order valence-corrected chi connectivity index (χ1v) is 4.77. The van der Waals surface area contributed by atoms with Gasteiger partial charge in [-0.3, -0.25) is 4.79 Å². The fourth-order valence-electron chi connectivity index (χ4n) is 1.31. The van der Waals surface area contributed by atoms with Crippen LogP contribution in [-0.2, 0) is 4.79 Å². The second-order valence-corrected chi connectivity index (χ2v) is 3.60. The molecule has 2 aromatic rings. The van der Waals surface area contributed by atoms with Gasteiger partial charge in [0, 0.05) is 17.4 Å². The minimum absolute atomic E-state index is 0.372. The van der Waals surface area contributed by atoms with Gasteiger partial charge in [0.2, 0.25) is 6.29 Å². The number of carbonyl (C=O) groups excluding carboxylic acids is 1. The Morgan fingerprint density at radius 3 is 2.80 bits per heavy atom. The summed E-state index contributed by atoms with van der Waals surface area (Å²) >= 11 is 5.89. The van der Waals surface area contributed by atoms with E-state index in [0.29, 0.717) is 10.6 Å². The Labute approximate surface area is 92.3 Å². The molecule has 0 aliphatic heterocycles. The highest BCUT2D eigenvalue weighted by molar-refractivity contribution is 6.33. The predicted molar refractivity (Wildman–Crippen MR) is 58.1 cm³/mol. The van der Waals surface area contributed by atoms with E-state index in [0.717, 1.165) is 11.4 Å². The maximum atomic E-state index is 10.5. The molecule has 0 saturated carbocycles. The lowest BCUT2D eigenvalue weighted by Gasteiger charge is -2.03. The van der Waals surface area contributed by atoms with Gasteiger partial charge in [0.1, 0.15) is 0 Å². The summed E-state index contributed by atoms with van der Waals surface area (Å²) in [6, 6.07) is 5.15. The van der Waals surface area contributed by atoms with Crippen molar-refractivity contribution >= 4 is 17.9 Å². The van der Waals surface area contributed by atoms with Crippen LogP contribution in [0.25, 0.3) is 5.69 Å². The minimum atomic E-state index is 0.372. The molecule has 1 radical (unpaired) electrons. The van der Waals surface area contributed by atoms with Gasteiger partial charge < -0.3 is 4.57 Å². The first-order valence-electron chi connectivity index (χ1n) is 4.39. The van der Waals surface area contributed by atoms with Crippen LogP contribution in [0.4, 0.5) is 0 Å². The van der Waals surface area contributed by atoms with Crippen LogP contribution in [0.3, 0.4) is 0 Å². The van der Waals surface area contributed by atoms with E-state index in [2.05, 4.69) is 4.98 Å². The van der Waals surface area contributed by atoms with Crippen LogP contribution in [0.1, 0.15) is 11.3 Å². The van der Waals surface area contributed by atoms with Crippen LogP contribution in [0, 0.1) is 6.92 Å². The number of rotatable bonds is 2. The number of halogens is 1. The lowest BCUT2D eigenvalue weighted by atomic mass is 10.2. The Hall–Kier alpha value is -1.61. The molecule has 0 amide bonds. The summed E-state index contributed by atoms with van der Waals surface area (Å²) in [4.78, 5) is 14.6. The highest BCUT2D eigenvalue weighted by atomic mass is 35.5. The highest BCUT2D eigenvalue weighted by Crippen LogP contribution is 2.18. The maximum Gasteiger partial charge on any atom is 0.235 e. The van der Waals surface area contributed by atoms with Crippen LogP contribution in [0.5, 0.6) is 0 Å². The van der Waals surface area contributed by atoms with Crippen molar-refractivity contribution in [1.29, 1.82) is 0 Å². The second-order valence-electron chi connectivity index (χ2n) is 3.19.